The summed E-state index contributed by atoms with van der Waals surface area (Å²) in [7, 11) is 1.63. The molecule has 1 N–H and O–H groups in total. The Bertz CT molecular complexity index is 762. The molecule has 1 saturated heterocycles. The normalized spacial score (nSPS) is 15.4. The quantitative estimate of drug-likeness (QED) is 0.625. The van der Waals surface area contributed by atoms with Gasteiger partial charge >= 0.3 is 0 Å². The maximum absolute atomic E-state index is 12.8. The largest absolute Gasteiger partial charge is 0.490 e. The van der Waals surface area contributed by atoms with E-state index in [0.717, 1.165) is 36.9 Å². The van der Waals surface area contributed by atoms with E-state index < -0.39 is 0 Å². The Labute approximate surface area is 175 Å². The summed E-state index contributed by atoms with van der Waals surface area (Å²) in [5.74, 6) is 0.495. The highest BCUT2D eigenvalue weighted by Gasteiger charge is 2.22. The van der Waals surface area contributed by atoms with E-state index in [0.29, 0.717) is 24.5 Å². The Kier molecular flexibility index (Phi) is 7.89. The number of piperidine rings is 1. The van der Waals surface area contributed by atoms with E-state index in [1.807, 2.05) is 24.3 Å². The number of nitrogens with one attached hydrogen (secondary N) is 1. The molecule has 1 aliphatic heterocycles. The highest BCUT2D eigenvalue weighted by Crippen LogP contribution is 2.24. The molecule has 2 aromatic rings. The van der Waals surface area contributed by atoms with Crippen LogP contribution in [-0.4, -0.2) is 50.3 Å². The standard InChI is InChI=1S/C22H27BrN2O3/c1-27-13-14-28-21-8-7-18(23)15-20(21)22(26)24-19-9-11-25(12-10-19)16-17-5-3-2-4-6-17/h2-8,15,19H,9-14,16H2,1H3,(H,24,26). The van der Waals surface area contributed by atoms with Crippen LogP contribution in [0.3, 0.4) is 0 Å². The average Bonchev–Trinajstić information content (AvgIpc) is 2.71. The van der Waals surface area contributed by atoms with Gasteiger partial charge in [-0.15, -0.1) is 0 Å². The summed E-state index contributed by atoms with van der Waals surface area (Å²) in [5.41, 5.74) is 1.88. The Hall–Kier alpha value is -1.89. The lowest BCUT2D eigenvalue weighted by atomic mass is 10.0. The molecule has 6 heteroatoms. The Morgan fingerprint density at radius 3 is 2.61 bits per heavy atom. The van der Waals surface area contributed by atoms with Gasteiger partial charge in [-0.05, 0) is 36.6 Å². The van der Waals surface area contributed by atoms with E-state index in [-0.39, 0.29) is 11.9 Å². The van der Waals surface area contributed by atoms with Crippen molar-refractivity contribution >= 4 is 21.8 Å². The second-order valence-electron chi connectivity index (χ2n) is 6.99. The summed E-state index contributed by atoms with van der Waals surface area (Å²) in [6.07, 6.45) is 1.90. The van der Waals surface area contributed by atoms with E-state index in [1.165, 1.54) is 5.56 Å². The van der Waals surface area contributed by atoms with Crippen LogP contribution in [0.15, 0.2) is 53.0 Å². The second-order valence-corrected chi connectivity index (χ2v) is 7.91. The summed E-state index contributed by atoms with van der Waals surface area (Å²) in [4.78, 5) is 15.3. The molecule has 0 unspecified atom stereocenters. The van der Waals surface area contributed by atoms with Crippen LogP contribution >= 0.6 is 15.9 Å². The van der Waals surface area contributed by atoms with Crippen molar-refractivity contribution in [1.29, 1.82) is 0 Å². The molecule has 1 heterocycles. The third-order valence-corrected chi connectivity index (χ3v) is 5.40. The SMILES string of the molecule is COCCOc1ccc(Br)cc1C(=O)NC1CCN(Cc2ccccc2)CC1. The maximum Gasteiger partial charge on any atom is 0.255 e. The molecule has 0 atom stereocenters. The fourth-order valence-electron chi connectivity index (χ4n) is 3.38. The number of hydrogen-bond acceptors (Lipinski definition) is 4. The molecular formula is C22H27BrN2O3. The van der Waals surface area contributed by atoms with Gasteiger partial charge in [0.1, 0.15) is 12.4 Å². The highest BCUT2D eigenvalue weighted by molar-refractivity contribution is 9.10. The molecule has 0 saturated carbocycles. The Morgan fingerprint density at radius 2 is 1.89 bits per heavy atom. The second kappa shape index (κ2) is 10.6. The highest BCUT2D eigenvalue weighted by atomic mass is 79.9. The van der Waals surface area contributed by atoms with Crippen molar-refractivity contribution in [2.24, 2.45) is 0 Å². The van der Waals surface area contributed by atoms with Gasteiger partial charge in [0, 0.05) is 37.3 Å². The minimum absolute atomic E-state index is 0.0878. The fraction of sp³-hybridized carbons (Fsp3) is 0.409. The van der Waals surface area contributed by atoms with Gasteiger partial charge in [0.15, 0.2) is 0 Å². The minimum atomic E-state index is -0.0878. The third-order valence-electron chi connectivity index (χ3n) is 4.90. The molecule has 0 spiro atoms. The molecule has 150 valence electrons. The number of carbonyl (C=O) groups excluding carboxylic acids is 1. The molecule has 2 aromatic carbocycles. The van der Waals surface area contributed by atoms with E-state index >= 15 is 0 Å². The lowest BCUT2D eigenvalue weighted by molar-refractivity contribution is 0.0901. The molecule has 0 radical (unpaired) electrons. The van der Waals surface area contributed by atoms with Gasteiger partial charge in [0.05, 0.1) is 12.2 Å². The third kappa shape index (κ3) is 6.06. The number of methoxy groups -OCH3 is 1. The zero-order chi connectivity index (χ0) is 19.8. The molecule has 0 bridgehead atoms. The lowest BCUT2D eigenvalue weighted by Gasteiger charge is -2.32. The number of carbonyl (C=O) groups is 1. The van der Waals surface area contributed by atoms with Crippen LogP contribution in [0.1, 0.15) is 28.8 Å². The number of hydrogen-bond donors (Lipinski definition) is 1. The van der Waals surface area contributed by atoms with Crippen molar-refractivity contribution in [1.82, 2.24) is 10.2 Å². The molecule has 0 aliphatic carbocycles. The summed E-state index contributed by atoms with van der Waals surface area (Å²) >= 11 is 3.44. The number of ether oxygens (including phenoxy) is 2. The maximum atomic E-state index is 12.8. The summed E-state index contributed by atoms with van der Waals surface area (Å²) < 4.78 is 11.6. The van der Waals surface area contributed by atoms with Crippen molar-refractivity contribution in [2.45, 2.75) is 25.4 Å². The van der Waals surface area contributed by atoms with Gasteiger partial charge in [-0.25, -0.2) is 0 Å². The fourth-order valence-corrected chi connectivity index (χ4v) is 3.74. The smallest absolute Gasteiger partial charge is 0.255 e. The zero-order valence-electron chi connectivity index (χ0n) is 16.2. The predicted molar refractivity (Wildman–Crippen MR) is 114 cm³/mol. The zero-order valence-corrected chi connectivity index (χ0v) is 17.8. The van der Waals surface area contributed by atoms with E-state index in [2.05, 4.69) is 50.4 Å². The van der Waals surface area contributed by atoms with Crippen molar-refractivity contribution < 1.29 is 14.3 Å². The van der Waals surface area contributed by atoms with Crippen LogP contribution < -0.4 is 10.1 Å². The first-order valence-electron chi connectivity index (χ1n) is 9.64. The number of amides is 1. The number of benzene rings is 2. The summed E-state index contributed by atoms with van der Waals surface area (Å²) in [6.45, 7) is 3.82. The number of halogens is 1. The lowest BCUT2D eigenvalue weighted by Crippen LogP contribution is -2.44. The molecule has 1 amide bonds. The first-order valence-corrected chi connectivity index (χ1v) is 10.4. The van der Waals surface area contributed by atoms with Crippen LogP contribution in [0.25, 0.3) is 0 Å². The average molecular weight is 447 g/mol. The van der Waals surface area contributed by atoms with Gasteiger partial charge < -0.3 is 14.8 Å². The molecule has 28 heavy (non-hydrogen) atoms. The molecule has 1 aliphatic rings. The van der Waals surface area contributed by atoms with Gasteiger partial charge in [-0.3, -0.25) is 9.69 Å². The van der Waals surface area contributed by atoms with Gasteiger partial charge in [0.2, 0.25) is 0 Å². The van der Waals surface area contributed by atoms with E-state index in [1.54, 1.807) is 7.11 Å². The van der Waals surface area contributed by atoms with Crippen LogP contribution in [0.2, 0.25) is 0 Å². The van der Waals surface area contributed by atoms with Crippen LogP contribution in [0.4, 0.5) is 0 Å². The number of nitrogens with zero attached hydrogens (tertiary/aromatic N) is 1. The molecular weight excluding hydrogens is 420 g/mol. The van der Waals surface area contributed by atoms with Gasteiger partial charge in [-0.1, -0.05) is 46.3 Å². The monoisotopic (exact) mass is 446 g/mol. The van der Waals surface area contributed by atoms with Crippen molar-refractivity contribution in [2.75, 3.05) is 33.4 Å². The predicted octanol–water partition coefficient (Wildman–Crippen LogP) is 3.87. The van der Waals surface area contributed by atoms with Gasteiger partial charge in [0.25, 0.3) is 5.91 Å². The topological polar surface area (TPSA) is 50.8 Å². The van der Waals surface area contributed by atoms with Crippen molar-refractivity contribution in [3.8, 4) is 5.75 Å². The first-order chi connectivity index (χ1) is 13.7. The Balaban J connectivity index is 1.53. The molecule has 5 nitrogen and oxygen atoms in total. The summed E-state index contributed by atoms with van der Waals surface area (Å²) in [6, 6.07) is 16.2. The van der Waals surface area contributed by atoms with Gasteiger partial charge in [-0.2, -0.15) is 0 Å². The Morgan fingerprint density at radius 1 is 1.14 bits per heavy atom. The van der Waals surface area contributed by atoms with Crippen LogP contribution in [-0.2, 0) is 11.3 Å². The first kappa shape index (κ1) is 20.8. The van der Waals surface area contributed by atoms with Crippen LogP contribution in [0, 0.1) is 0 Å². The molecule has 3 rings (SSSR count). The van der Waals surface area contributed by atoms with E-state index in [4.69, 9.17) is 9.47 Å². The minimum Gasteiger partial charge on any atom is -0.490 e. The number of rotatable bonds is 8. The van der Waals surface area contributed by atoms with E-state index in [9.17, 15) is 4.79 Å². The van der Waals surface area contributed by atoms with Crippen molar-refractivity contribution in [3.63, 3.8) is 0 Å². The van der Waals surface area contributed by atoms with Crippen molar-refractivity contribution in [3.05, 3.63) is 64.1 Å². The molecule has 1 fully saturated rings. The summed E-state index contributed by atoms with van der Waals surface area (Å²) in [5, 5.41) is 3.18. The molecule has 0 aromatic heterocycles. The number of likely N-dealkylation sites (tertiary alicyclic amines) is 1. The van der Waals surface area contributed by atoms with Crippen LogP contribution in [0.5, 0.6) is 5.75 Å².